The van der Waals surface area contributed by atoms with Crippen LogP contribution in [-0.2, 0) is 6.42 Å². The first-order valence-corrected chi connectivity index (χ1v) is 19.5. The first-order chi connectivity index (χ1) is 18.5. The van der Waals surface area contributed by atoms with Gasteiger partial charge < -0.3 is 0 Å². The molecule has 220 valence electrons. The Bertz CT molecular complexity index is 746. The van der Waals surface area contributed by atoms with Crippen LogP contribution in [-0.4, -0.2) is 31.6 Å². The number of aromatic hydroxyl groups is 1. The van der Waals surface area contributed by atoms with Gasteiger partial charge in [0.25, 0.3) is 0 Å². The Balaban J connectivity index is 1.63. The molecule has 0 spiro atoms. The fourth-order valence-electron chi connectivity index (χ4n) is 5.96. The van der Waals surface area contributed by atoms with Crippen LogP contribution in [0.25, 0.3) is 0 Å². The molecule has 2 nitrogen and oxygen atoms in total. The molecule has 0 aromatic heterocycles. The summed E-state index contributed by atoms with van der Waals surface area (Å²) in [7, 11) is 0. The number of hydrogen-bond donors (Lipinski definition) is 1. The Hall–Kier alpha value is -0.390. The van der Waals surface area contributed by atoms with E-state index in [1.807, 2.05) is 6.07 Å². The molecule has 1 heterocycles. The van der Waals surface area contributed by atoms with Gasteiger partial charge in [-0.2, -0.15) is 0 Å². The molecular formula is C35H62O2Te. The van der Waals surface area contributed by atoms with E-state index < -0.39 is 0 Å². The van der Waals surface area contributed by atoms with Crippen LogP contribution in [0.2, 0.25) is 4.47 Å². The molecule has 3 heteroatoms. The van der Waals surface area contributed by atoms with E-state index in [0.717, 1.165) is 25.0 Å². The number of rotatable bonds is 23. The van der Waals surface area contributed by atoms with Crippen LogP contribution in [0, 0.1) is 6.92 Å². The van der Waals surface area contributed by atoms with E-state index in [1.54, 1.807) is 0 Å². The number of fused-ring (bicyclic) bond motifs is 1. The van der Waals surface area contributed by atoms with E-state index in [2.05, 4.69) is 27.7 Å². The fraction of sp³-hybridized carbons (Fsp3) is 0.829. The second-order valence-corrected chi connectivity index (χ2v) is 15.5. The maximum absolute atomic E-state index is 10.8. The summed E-state index contributed by atoms with van der Waals surface area (Å²) in [4.78, 5) is 0. The first-order valence-electron chi connectivity index (χ1n) is 16.7. The Labute approximate surface area is 247 Å². The SMILES string of the molecule is CCCCCCCCCCCCCCCCC1(C)CCc2cc(O)c([Te]CCCCCCCC)c(C)c2O1. The van der Waals surface area contributed by atoms with Crippen molar-refractivity contribution in [3.05, 3.63) is 17.2 Å². The second-order valence-electron chi connectivity index (χ2n) is 12.4. The van der Waals surface area contributed by atoms with E-state index >= 15 is 0 Å². The number of phenolic OH excluding ortho intramolecular Hbond substituents is 1. The number of benzene rings is 1. The van der Waals surface area contributed by atoms with E-state index in [4.69, 9.17) is 4.74 Å². The normalized spacial score (nSPS) is 16.9. The van der Waals surface area contributed by atoms with Crippen LogP contribution < -0.4 is 8.35 Å². The molecule has 0 fully saturated rings. The van der Waals surface area contributed by atoms with Crippen LogP contribution in [0.3, 0.4) is 0 Å². The van der Waals surface area contributed by atoms with Gasteiger partial charge in [0.15, 0.2) is 0 Å². The number of phenols is 1. The third kappa shape index (κ3) is 13.3. The van der Waals surface area contributed by atoms with Crippen LogP contribution in [0.15, 0.2) is 6.07 Å². The first kappa shape index (κ1) is 33.8. The molecule has 0 amide bonds. The van der Waals surface area contributed by atoms with E-state index in [0.29, 0.717) is 5.75 Å². The van der Waals surface area contributed by atoms with Crippen molar-refractivity contribution in [1.82, 2.24) is 0 Å². The third-order valence-electron chi connectivity index (χ3n) is 8.59. The molecule has 1 aliphatic rings. The van der Waals surface area contributed by atoms with Crippen molar-refractivity contribution in [2.75, 3.05) is 0 Å². The van der Waals surface area contributed by atoms with Crippen LogP contribution in [0.4, 0.5) is 0 Å². The molecule has 38 heavy (non-hydrogen) atoms. The summed E-state index contributed by atoms with van der Waals surface area (Å²) in [5.74, 6) is 1.67. The van der Waals surface area contributed by atoms with Crippen LogP contribution >= 0.6 is 0 Å². The Morgan fingerprint density at radius 2 is 1.21 bits per heavy atom. The molecule has 1 aromatic rings. The van der Waals surface area contributed by atoms with Crippen LogP contribution in [0.5, 0.6) is 11.5 Å². The quantitative estimate of drug-likeness (QED) is 0.0951. The summed E-state index contributed by atoms with van der Waals surface area (Å²) in [6.45, 7) is 9.11. The van der Waals surface area contributed by atoms with Crippen molar-refractivity contribution < 1.29 is 9.84 Å². The van der Waals surface area contributed by atoms with Crippen molar-refractivity contribution >= 4 is 24.5 Å². The number of ether oxygens (including phenoxy) is 1. The summed E-state index contributed by atoms with van der Waals surface area (Å²) >= 11 is -0.355. The van der Waals surface area contributed by atoms with Gasteiger partial charge in [0.1, 0.15) is 0 Å². The number of aryl methyl sites for hydroxylation is 1. The molecule has 0 saturated heterocycles. The number of unbranched alkanes of at least 4 members (excludes halogenated alkanes) is 18. The summed E-state index contributed by atoms with van der Waals surface area (Å²) < 4.78 is 9.29. The standard InChI is InChI=1S/C35H62O2Te/c1-5-7-9-11-13-14-15-16-17-18-19-20-21-23-26-35(4)27-25-31-29-32(36)34(30(3)33(31)37-35)38-28-24-22-12-10-8-6-2/h29,36H,5-28H2,1-4H3. The molecule has 0 radical (unpaired) electrons. The van der Waals surface area contributed by atoms with Gasteiger partial charge in [-0.15, -0.1) is 0 Å². The average molecular weight is 642 g/mol. The molecule has 1 N–H and O–H groups in total. The second kappa shape index (κ2) is 20.5. The van der Waals surface area contributed by atoms with E-state index in [-0.39, 0.29) is 26.5 Å². The predicted octanol–water partition coefficient (Wildman–Crippen LogP) is 10.8. The van der Waals surface area contributed by atoms with Crippen LogP contribution in [0.1, 0.15) is 173 Å². The van der Waals surface area contributed by atoms with Gasteiger partial charge in [-0.25, -0.2) is 0 Å². The van der Waals surface area contributed by atoms with Gasteiger partial charge in [-0.3, -0.25) is 0 Å². The van der Waals surface area contributed by atoms with Gasteiger partial charge in [0.05, 0.1) is 0 Å². The van der Waals surface area contributed by atoms with E-state index in [1.165, 1.54) is 148 Å². The molecule has 1 aliphatic heterocycles. The Kier molecular flexibility index (Phi) is 18.2. The topological polar surface area (TPSA) is 29.5 Å². The average Bonchev–Trinajstić information content (AvgIpc) is 2.90. The molecule has 0 bridgehead atoms. The molecule has 1 aromatic carbocycles. The summed E-state index contributed by atoms with van der Waals surface area (Å²) in [6.07, 6.45) is 31.1. The van der Waals surface area contributed by atoms with Gasteiger partial charge in [0, 0.05) is 0 Å². The number of hydrogen-bond acceptors (Lipinski definition) is 2. The van der Waals surface area contributed by atoms with Gasteiger partial charge in [-0.1, -0.05) is 58.3 Å². The third-order valence-corrected chi connectivity index (χ3v) is 12.3. The van der Waals surface area contributed by atoms with E-state index in [9.17, 15) is 5.11 Å². The van der Waals surface area contributed by atoms with Crippen molar-refractivity contribution in [1.29, 1.82) is 0 Å². The molecule has 0 aliphatic carbocycles. The fourth-order valence-corrected chi connectivity index (χ4v) is 9.01. The zero-order valence-electron chi connectivity index (χ0n) is 25.8. The van der Waals surface area contributed by atoms with Crippen molar-refractivity contribution in [2.24, 2.45) is 0 Å². The minimum atomic E-state index is -0.355. The van der Waals surface area contributed by atoms with Crippen molar-refractivity contribution in [3.63, 3.8) is 0 Å². The van der Waals surface area contributed by atoms with Gasteiger partial charge >= 0.3 is 190 Å². The molecule has 1 atom stereocenters. The molecule has 2 rings (SSSR count). The van der Waals surface area contributed by atoms with Gasteiger partial charge in [-0.05, 0) is 0 Å². The maximum atomic E-state index is 10.8. The Morgan fingerprint density at radius 1 is 0.737 bits per heavy atom. The molecule has 0 saturated carbocycles. The van der Waals surface area contributed by atoms with Gasteiger partial charge in [0.2, 0.25) is 0 Å². The minimum absolute atomic E-state index is 0.0387. The predicted molar refractivity (Wildman–Crippen MR) is 169 cm³/mol. The Morgan fingerprint density at radius 3 is 1.74 bits per heavy atom. The van der Waals surface area contributed by atoms with Crippen molar-refractivity contribution in [3.8, 4) is 11.5 Å². The summed E-state index contributed by atoms with van der Waals surface area (Å²) in [6, 6.07) is 2.04. The zero-order valence-corrected chi connectivity index (χ0v) is 28.1. The summed E-state index contributed by atoms with van der Waals surface area (Å²) in [5.41, 5.74) is 2.44. The monoisotopic (exact) mass is 644 g/mol. The summed E-state index contributed by atoms with van der Waals surface area (Å²) in [5, 5.41) is 10.8. The zero-order chi connectivity index (χ0) is 27.5. The van der Waals surface area contributed by atoms with Crippen molar-refractivity contribution in [2.45, 2.75) is 185 Å². The molecular weight excluding hydrogens is 580 g/mol. The molecule has 1 unspecified atom stereocenters.